The van der Waals surface area contributed by atoms with Gasteiger partial charge in [-0.3, -0.25) is 0 Å². The predicted octanol–water partition coefficient (Wildman–Crippen LogP) is 4.67. The molecule has 0 N–H and O–H groups in total. The molecular formula is C16H21NS. The van der Waals surface area contributed by atoms with Crippen molar-refractivity contribution in [1.82, 2.24) is 4.90 Å². The number of hydrogen-bond donors (Lipinski definition) is 0. The third-order valence-electron chi connectivity index (χ3n) is 2.80. The van der Waals surface area contributed by atoms with Gasteiger partial charge < -0.3 is 4.90 Å². The Bertz CT molecular complexity index is 458. The van der Waals surface area contributed by atoms with Crippen molar-refractivity contribution in [2.75, 3.05) is 6.54 Å². The molecule has 0 radical (unpaired) electrons. The highest BCUT2D eigenvalue weighted by Gasteiger charge is 2.23. The highest BCUT2D eigenvalue weighted by atomic mass is 32.2. The van der Waals surface area contributed by atoms with Gasteiger partial charge in [0.2, 0.25) is 0 Å². The first kappa shape index (κ1) is 14.7. The molecule has 0 unspecified atom stereocenters. The number of allylic oxidation sites excluding steroid dienone is 5. The summed E-state index contributed by atoms with van der Waals surface area (Å²) >= 11 is 1.83. The molecule has 1 rings (SSSR count). The van der Waals surface area contributed by atoms with Crippen LogP contribution in [0.4, 0.5) is 0 Å². The third-order valence-corrected chi connectivity index (χ3v) is 3.98. The van der Waals surface area contributed by atoms with Crippen LogP contribution in [0.2, 0.25) is 0 Å². The van der Waals surface area contributed by atoms with E-state index in [2.05, 4.69) is 55.9 Å². The largest absolute Gasteiger partial charge is 0.339 e. The van der Waals surface area contributed by atoms with E-state index in [1.807, 2.05) is 18.7 Å². The maximum absolute atomic E-state index is 5.40. The summed E-state index contributed by atoms with van der Waals surface area (Å²) in [6.45, 7) is 9.24. The molecule has 0 aromatic carbocycles. The normalized spacial score (nSPS) is 21.2. The van der Waals surface area contributed by atoms with Crippen LogP contribution in [0.1, 0.15) is 34.1 Å². The van der Waals surface area contributed by atoms with Crippen molar-refractivity contribution < 1.29 is 0 Å². The maximum Gasteiger partial charge on any atom is 0.0506 e. The van der Waals surface area contributed by atoms with Crippen LogP contribution in [0.3, 0.4) is 0 Å². The molecule has 1 nitrogen and oxygen atoms in total. The Morgan fingerprint density at radius 3 is 2.50 bits per heavy atom. The summed E-state index contributed by atoms with van der Waals surface area (Å²) < 4.78 is 0. The van der Waals surface area contributed by atoms with Crippen molar-refractivity contribution in [3.8, 4) is 12.3 Å². The lowest BCUT2D eigenvalue weighted by atomic mass is 10.2. The molecule has 0 spiro atoms. The first-order valence-electron chi connectivity index (χ1n) is 6.25. The molecule has 0 amide bonds. The zero-order valence-corrected chi connectivity index (χ0v) is 12.5. The summed E-state index contributed by atoms with van der Waals surface area (Å²) in [6.07, 6.45) is 14.7. The molecule has 0 saturated heterocycles. The highest BCUT2D eigenvalue weighted by molar-refractivity contribution is 8.07. The second-order valence-corrected chi connectivity index (χ2v) is 5.23. The molecule has 0 bridgehead atoms. The van der Waals surface area contributed by atoms with Gasteiger partial charge in [0.1, 0.15) is 0 Å². The quantitative estimate of drug-likeness (QED) is 0.677. The molecule has 1 heterocycles. The number of terminal acetylenes is 1. The Labute approximate surface area is 115 Å². The molecule has 2 heteroatoms. The highest BCUT2D eigenvalue weighted by Crippen LogP contribution is 2.42. The van der Waals surface area contributed by atoms with E-state index >= 15 is 0 Å². The van der Waals surface area contributed by atoms with Crippen LogP contribution in [0.5, 0.6) is 0 Å². The minimum Gasteiger partial charge on any atom is -0.339 e. The molecule has 0 atom stereocenters. The Morgan fingerprint density at radius 1 is 1.28 bits per heavy atom. The smallest absolute Gasteiger partial charge is 0.0506 e. The average molecular weight is 259 g/mol. The monoisotopic (exact) mass is 259 g/mol. The molecule has 0 saturated carbocycles. The van der Waals surface area contributed by atoms with Gasteiger partial charge in [0.05, 0.1) is 11.4 Å². The van der Waals surface area contributed by atoms with Crippen LogP contribution in [-0.2, 0) is 0 Å². The number of thioether (sulfide) groups is 1. The molecule has 18 heavy (non-hydrogen) atoms. The molecule has 96 valence electrons. The predicted molar refractivity (Wildman–Crippen MR) is 82.8 cm³/mol. The van der Waals surface area contributed by atoms with E-state index in [4.69, 9.17) is 6.42 Å². The van der Waals surface area contributed by atoms with E-state index in [1.165, 1.54) is 21.2 Å². The molecular weight excluding hydrogens is 238 g/mol. The van der Waals surface area contributed by atoms with Crippen molar-refractivity contribution in [3.05, 3.63) is 45.5 Å². The second kappa shape index (κ2) is 7.18. The Hall–Kier alpha value is -1.33. The summed E-state index contributed by atoms with van der Waals surface area (Å²) in [5, 5.41) is 0. The van der Waals surface area contributed by atoms with Gasteiger partial charge in [0.15, 0.2) is 0 Å². The van der Waals surface area contributed by atoms with Crippen molar-refractivity contribution in [1.29, 1.82) is 0 Å². The summed E-state index contributed by atoms with van der Waals surface area (Å²) in [6, 6.07) is 0. The average Bonchev–Trinajstić information content (AvgIpc) is 2.38. The zero-order chi connectivity index (χ0) is 13.5. The van der Waals surface area contributed by atoms with Crippen molar-refractivity contribution >= 4 is 11.8 Å². The molecule has 0 aromatic rings. The first-order chi connectivity index (χ1) is 8.69. The number of nitrogens with zero attached hydrogens (tertiary/aromatic N) is 1. The van der Waals surface area contributed by atoms with E-state index < -0.39 is 0 Å². The molecule has 0 aliphatic carbocycles. The van der Waals surface area contributed by atoms with E-state index in [9.17, 15) is 0 Å². The molecule has 1 aliphatic rings. The van der Waals surface area contributed by atoms with Gasteiger partial charge in [-0.15, -0.1) is 12.3 Å². The topological polar surface area (TPSA) is 3.24 Å². The standard InChI is InChI=1S/C16H21NS/c1-6-10-12-17-14(8-3)16(9-4)18-13(5)15(17)11-7-2/h1,7-9,11H,10,12H2,2-5H3/b11-7-,14-8+,16-9+. The minimum atomic E-state index is 0.757. The van der Waals surface area contributed by atoms with E-state index in [-0.39, 0.29) is 0 Å². The van der Waals surface area contributed by atoms with Crippen LogP contribution in [-0.4, -0.2) is 11.4 Å². The fourth-order valence-corrected chi connectivity index (χ4v) is 3.07. The Morgan fingerprint density at radius 2 is 2.00 bits per heavy atom. The first-order valence-corrected chi connectivity index (χ1v) is 7.06. The van der Waals surface area contributed by atoms with E-state index in [1.54, 1.807) is 0 Å². The fourth-order valence-electron chi connectivity index (χ4n) is 2.01. The molecule has 0 aromatic heterocycles. The lowest BCUT2D eigenvalue weighted by Gasteiger charge is -2.34. The van der Waals surface area contributed by atoms with E-state index in [0.29, 0.717) is 0 Å². The van der Waals surface area contributed by atoms with Gasteiger partial charge in [-0.05, 0) is 33.8 Å². The van der Waals surface area contributed by atoms with Gasteiger partial charge >= 0.3 is 0 Å². The Kier molecular flexibility index (Phi) is 5.88. The van der Waals surface area contributed by atoms with Crippen LogP contribution in [0.25, 0.3) is 0 Å². The van der Waals surface area contributed by atoms with E-state index in [0.717, 1.165) is 13.0 Å². The maximum atomic E-state index is 5.40. The van der Waals surface area contributed by atoms with Crippen molar-refractivity contribution in [2.45, 2.75) is 34.1 Å². The summed E-state index contributed by atoms with van der Waals surface area (Å²) in [4.78, 5) is 4.95. The van der Waals surface area contributed by atoms with Gasteiger partial charge in [0, 0.05) is 22.8 Å². The van der Waals surface area contributed by atoms with Crippen molar-refractivity contribution in [3.63, 3.8) is 0 Å². The SMILES string of the molecule is C#CCCN1C(/C=C\C)=C(C)SC(=C/C)/C1=C\C. The van der Waals surface area contributed by atoms with Gasteiger partial charge in [-0.1, -0.05) is 30.0 Å². The zero-order valence-electron chi connectivity index (χ0n) is 11.7. The van der Waals surface area contributed by atoms with Crippen LogP contribution < -0.4 is 0 Å². The van der Waals surface area contributed by atoms with Gasteiger partial charge in [0.25, 0.3) is 0 Å². The van der Waals surface area contributed by atoms with Gasteiger partial charge in [-0.25, -0.2) is 0 Å². The van der Waals surface area contributed by atoms with Gasteiger partial charge in [-0.2, -0.15) is 0 Å². The molecule has 1 aliphatic heterocycles. The lowest BCUT2D eigenvalue weighted by Crippen LogP contribution is -2.26. The summed E-state index contributed by atoms with van der Waals surface area (Å²) in [5.74, 6) is 2.73. The summed E-state index contributed by atoms with van der Waals surface area (Å²) in [5.41, 5.74) is 2.52. The Balaban J connectivity index is 3.24. The fraction of sp³-hybridized carbons (Fsp3) is 0.375. The summed E-state index contributed by atoms with van der Waals surface area (Å²) in [7, 11) is 0. The molecule has 0 fully saturated rings. The second-order valence-electron chi connectivity index (χ2n) is 3.98. The van der Waals surface area contributed by atoms with Crippen LogP contribution >= 0.6 is 11.8 Å². The van der Waals surface area contributed by atoms with Crippen LogP contribution in [0.15, 0.2) is 45.5 Å². The van der Waals surface area contributed by atoms with Crippen LogP contribution in [0, 0.1) is 12.3 Å². The lowest BCUT2D eigenvalue weighted by molar-refractivity contribution is 0.456. The number of rotatable bonds is 3. The third kappa shape index (κ3) is 3.11. The minimum absolute atomic E-state index is 0.757. The number of hydrogen-bond acceptors (Lipinski definition) is 2. The van der Waals surface area contributed by atoms with Crippen molar-refractivity contribution in [2.24, 2.45) is 0 Å².